The number of rotatable bonds is 6. The molecule has 1 radical (unpaired) electrons. The van der Waals surface area contributed by atoms with Crippen LogP contribution in [0.2, 0.25) is 0 Å². The third-order valence-electron chi connectivity index (χ3n) is 0.802. The van der Waals surface area contributed by atoms with E-state index in [1.807, 2.05) is 13.8 Å². The fraction of sp³-hybridized carbons (Fsp3) is 1.00. The van der Waals surface area contributed by atoms with Crippen molar-refractivity contribution < 1.29 is 30.4 Å². The molecular formula is C6H14CoO3P+. The Hall–Kier alpha value is 0.526. The summed E-state index contributed by atoms with van der Waals surface area (Å²) in [4.78, 5) is 0. The minimum absolute atomic E-state index is 0. The Morgan fingerprint density at radius 1 is 1.09 bits per heavy atom. The quantitative estimate of drug-likeness (QED) is 0.650. The van der Waals surface area contributed by atoms with Gasteiger partial charge in [-0.15, -0.1) is 9.05 Å². The van der Waals surface area contributed by atoms with Crippen molar-refractivity contribution in [2.75, 3.05) is 13.2 Å². The van der Waals surface area contributed by atoms with Crippen molar-refractivity contribution in [1.29, 1.82) is 0 Å². The minimum atomic E-state index is -1.84. The SMILES string of the molecule is CCCO[P+](=O)OCCC.[Co]. The summed E-state index contributed by atoms with van der Waals surface area (Å²) in [6, 6.07) is 0. The maximum atomic E-state index is 10.7. The Bertz CT molecular complexity index is 89.8. The topological polar surface area (TPSA) is 35.5 Å². The molecule has 11 heavy (non-hydrogen) atoms. The van der Waals surface area contributed by atoms with E-state index in [-0.39, 0.29) is 16.8 Å². The van der Waals surface area contributed by atoms with Crippen molar-refractivity contribution in [3.8, 4) is 0 Å². The van der Waals surface area contributed by atoms with Gasteiger partial charge in [0.2, 0.25) is 0 Å². The predicted molar refractivity (Wildman–Crippen MR) is 40.1 cm³/mol. The van der Waals surface area contributed by atoms with E-state index in [0.717, 1.165) is 12.8 Å². The van der Waals surface area contributed by atoms with Crippen LogP contribution in [0.25, 0.3) is 0 Å². The molecule has 0 aromatic carbocycles. The fourth-order valence-electron chi connectivity index (χ4n) is 0.369. The first-order chi connectivity index (χ1) is 4.81. The van der Waals surface area contributed by atoms with Gasteiger partial charge in [-0.1, -0.05) is 13.8 Å². The van der Waals surface area contributed by atoms with E-state index in [0.29, 0.717) is 13.2 Å². The minimum Gasteiger partial charge on any atom is -0.119 e. The van der Waals surface area contributed by atoms with E-state index >= 15 is 0 Å². The van der Waals surface area contributed by atoms with Crippen LogP contribution in [0, 0.1) is 0 Å². The third-order valence-corrected chi connectivity index (χ3v) is 1.59. The molecule has 0 aliphatic rings. The predicted octanol–water partition coefficient (Wildman–Crippen LogP) is 2.49. The van der Waals surface area contributed by atoms with E-state index in [4.69, 9.17) is 9.05 Å². The zero-order chi connectivity index (χ0) is 7.82. The molecule has 3 nitrogen and oxygen atoms in total. The smallest absolute Gasteiger partial charge is 0.119 e. The van der Waals surface area contributed by atoms with E-state index < -0.39 is 8.25 Å². The average Bonchev–Trinajstić information content (AvgIpc) is 1.97. The molecule has 0 rings (SSSR count). The van der Waals surface area contributed by atoms with Gasteiger partial charge < -0.3 is 0 Å². The number of hydrogen-bond donors (Lipinski definition) is 0. The van der Waals surface area contributed by atoms with Crippen LogP contribution < -0.4 is 0 Å². The largest absolute Gasteiger partial charge is 0.697 e. The van der Waals surface area contributed by atoms with E-state index in [1.54, 1.807) is 0 Å². The average molecular weight is 224 g/mol. The van der Waals surface area contributed by atoms with Crippen LogP contribution >= 0.6 is 8.25 Å². The van der Waals surface area contributed by atoms with Crippen molar-refractivity contribution in [2.45, 2.75) is 26.7 Å². The van der Waals surface area contributed by atoms with Crippen LogP contribution in [0.4, 0.5) is 0 Å². The molecular weight excluding hydrogens is 210 g/mol. The first kappa shape index (κ1) is 14.1. The van der Waals surface area contributed by atoms with Gasteiger partial charge >= 0.3 is 8.25 Å². The van der Waals surface area contributed by atoms with Gasteiger partial charge in [0.1, 0.15) is 13.2 Å². The summed E-state index contributed by atoms with van der Waals surface area (Å²) in [6.45, 7) is 4.95. The van der Waals surface area contributed by atoms with Gasteiger partial charge in [0.05, 0.1) is 0 Å². The molecule has 0 unspecified atom stereocenters. The van der Waals surface area contributed by atoms with Gasteiger partial charge in [0, 0.05) is 21.3 Å². The van der Waals surface area contributed by atoms with Crippen LogP contribution in [-0.4, -0.2) is 13.2 Å². The van der Waals surface area contributed by atoms with Gasteiger partial charge in [0.15, 0.2) is 0 Å². The van der Waals surface area contributed by atoms with Crippen molar-refractivity contribution in [1.82, 2.24) is 0 Å². The molecule has 0 spiro atoms. The third kappa shape index (κ3) is 10.5. The zero-order valence-electron chi connectivity index (χ0n) is 6.83. The molecule has 0 atom stereocenters. The first-order valence-electron chi connectivity index (χ1n) is 3.54. The fourth-order valence-corrected chi connectivity index (χ4v) is 1.11. The molecule has 0 saturated carbocycles. The number of hydrogen-bond acceptors (Lipinski definition) is 3. The molecule has 0 aliphatic carbocycles. The molecule has 0 heterocycles. The second-order valence-electron chi connectivity index (χ2n) is 1.89. The Morgan fingerprint density at radius 3 is 1.73 bits per heavy atom. The molecule has 0 bridgehead atoms. The van der Waals surface area contributed by atoms with E-state index in [1.165, 1.54) is 0 Å². The summed E-state index contributed by atoms with van der Waals surface area (Å²) in [5, 5.41) is 0. The zero-order valence-corrected chi connectivity index (χ0v) is 8.77. The maximum absolute atomic E-state index is 10.7. The second kappa shape index (κ2) is 10.5. The Kier molecular flexibility index (Phi) is 13.5. The summed E-state index contributed by atoms with van der Waals surface area (Å²) < 4.78 is 20.2. The van der Waals surface area contributed by atoms with Crippen molar-refractivity contribution in [2.24, 2.45) is 0 Å². The van der Waals surface area contributed by atoms with Crippen LogP contribution in [0.1, 0.15) is 26.7 Å². The monoisotopic (exact) mass is 224 g/mol. The second-order valence-corrected chi connectivity index (χ2v) is 2.85. The summed E-state index contributed by atoms with van der Waals surface area (Å²) in [6.07, 6.45) is 1.74. The Morgan fingerprint density at radius 2 is 1.45 bits per heavy atom. The van der Waals surface area contributed by atoms with Gasteiger partial charge in [-0.25, -0.2) is 0 Å². The van der Waals surface area contributed by atoms with E-state index in [9.17, 15) is 4.57 Å². The summed E-state index contributed by atoms with van der Waals surface area (Å²) in [7, 11) is -1.84. The summed E-state index contributed by atoms with van der Waals surface area (Å²) in [5.41, 5.74) is 0. The summed E-state index contributed by atoms with van der Waals surface area (Å²) >= 11 is 0. The Labute approximate surface area is 79.0 Å². The molecule has 0 aromatic heterocycles. The molecule has 0 aromatic rings. The van der Waals surface area contributed by atoms with Crippen LogP contribution in [0.15, 0.2) is 0 Å². The van der Waals surface area contributed by atoms with Gasteiger partial charge in [0.25, 0.3) is 0 Å². The van der Waals surface area contributed by atoms with Crippen LogP contribution in [0.3, 0.4) is 0 Å². The van der Waals surface area contributed by atoms with Crippen molar-refractivity contribution >= 4 is 8.25 Å². The molecule has 0 saturated heterocycles. The van der Waals surface area contributed by atoms with E-state index in [2.05, 4.69) is 0 Å². The summed E-state index contributed by atoms with van der Waals surface area (Å²) in [5.74, 6) is 0. The standard InChI is InChI=1S/C6H14O3P.Co/c1-3-5-8-10(7)9-6-4-2;/h3-6H2,1-2H3;/q+1;. The van der Waals surface area contributed by atoms with Gasteiger partial charge in [-0.2, -0.15) is 0 Å². The van der Waals surface area contributed by atoms with Crippen LogP contribution in [0.5, 0.6) is 0 Å². The van der Waals surface area contributed by atoms with Crippen LogP contribution in [-0.2, 0) is 30.4 Å². The Balaban J connectivity index is 0. The van der Waals surface area contributed by atoms with Crippen molar-refractivity contribution in [3.63, 3.8) is 0 Å². The van der Waals surface area contributed by atoms with Gasteiger partial charge in [-0.3, -0.25) is 0 Å². The molecule has 0 fully saturated rings. The van der Waals surface area contributed by atoms with Gasteiger partial charge in [-0.05, 0) is 12.8 Å². The maximum Gasteiger partial charge on any atom is 0.697 e. The molecule has 5 heteroatoms. The molecule has 0 N–H and O–H groups in total. The molecule has 0 amide bonds. The first-order valence-corrected chi connectivity index (χ1v) is 4.63. The molecule has 0 aliphatic heterocycles. The normalized spacial score (nSPS) is 8.91. The van der Waals surface area contributed by atoms with Crippen molar-refractivity contribution in [3.05, 3.63) is 0 Å². The molecule has 69 valence electrons.